The van der Waals surface area contributed by atoms with Gasteiger partial charge in [0.2, 0.25) is 0 Å². The Hall–Kier alpha value is -2.18. The molecule has 1 N–H and O–H groups in total. The highest BCUT2D eigenvalue weighted by Crippen LogP contribution is 2.30. The summed E-state index contributed by atoms with van der Waals surface area (Å²) in [5.41, 5.74) is 3.32. The Morgan fingerprint density at radius 2 is 2.00 bits per heavy atom. The molecule has 0 atom stereocenters. The van der Waals surface area contributed by atoms with Crippen molar-refractivity contribution in [1.82, 2.24) is 9.97 Å². The van der Waals surface area contributed by atoms with E-state index in [2.05, 4.69) is 31.2 Å². The second kappa shape index (κ2) is 8.47. The van der Waals surface area contributed by atoms with E-state index in [4.69, 9.17) is 4.74 Å². The average Bonchev–Trinajstić information content (AvgIpc) is 2.54. The molecule has 0 saturated carbocycles. The number of benzene rings is 1. The number of aromatic nitrogens is 2. The summed E-state index contributed by atoms with van der Waals surface area (Å²) in [5.74, 6) is -0.414. The number of fused-ring (bicyclic) bond motifs is 1. The van der Waals surface area contributed by atoms with Gasteiger partial charge in [0.25, 0.3) is 0 Å². The van der Waals surface area contributed by atoms with E-state index in [0.29, 0.717) is 16.9 Å². The van der Waals surface area contributed by atoms with Crippen molar-refractivity contribution in [2.45, 2.75) is 26.9 Å². The Bertz CT molecular complexity index is 947. The first-order valence-corrected chi connectivity index (χ1v) is 8.73. The molecule has 2 heterocycles. The third-order valence-electron chi connectivity index (χ3n) is 3.53. The van der Waals surface area contributed by atoms with E-state index in [9.17, 15) is 4.79 Å². The molecule has 0 radical (unpaired) electrons. The standard InChI is InChI=1S/C19H18BrN3O2.ClH/c1-11(2)25-19(24)16-10-21-18-15(8-7-12(3)22-18)17(16)23-14-6-4-5-13(20)9-14;/h4-11H,1-3H3,(H,21,22,23);1H. The first kappa shape index (κ1) is 20.1. The second-order valence-electron chi connectivity index (χ2n) is 5.96. The number of aryl methyl sites for hydroxylation is 1. The minimum Gasteiger partial charge on any atom is -0.459 e. The zero-order valence-corrected chi connectivity index (χ0v) is 17.0. The van der Waals surface area contributed by atoms with Crippen molar-refractivity contribution < 1.29 is 9.53 Å². The molecule has 0 spiro atoms. The lowest BCUT2D eigenvalue weighted by Gasteiger charge is -2.15. The van der Waals surface area contributed by atoms with E-state index in [1.807, 2.05) is 57.2 Å². The van der Waals surface area contributed by atoms with E-state index in [-0.39, 0.29) is 18.5 Å². The largest absolute Gasteiger partial charge is 0.459 e. The molecule has 0 unspecified atom stereocenters. The molecule has 2 aromatic heterocycles. The normalized spacial score (nSPS) is 10.5. The number of anilines is 2. The van der Waals surface area contributed by atoms with Crippen molar-refractivity contribution >= 4 is 56.7 Å². The van der Waals surface area contributed by atoms with Crippen molar-refractivity contribution in [1.29, 1.82) is 0 Å². The third kappa shape index (κ3) is 4.51. The lowest BCUT2D eigenvalue weighted by atomic mass is 10.1. The predicted molar refractivity (Wildman–Crippen MR) is 109 cm³/mol. The van der Waals surface area contributed by atoms with Gasteiger partial charge in [-0.25, -0.2) is 14.8 Å². The van der Waals surface area contributed by atoms with Gasteiger partial charge in [0.05, 0.1) is 11.8 Å². The van der Waals surface area contributed by atoms with Gasteiger partial charge >= 0.3 is 5.97 Å². The number of carbonyl (C=O) groups is 1. The van der Waals surface area contributed by atoms with Crippen molar-refractivity contribution in [2.75, 3.05) is 5.32 Å². The maximum atomic E-state index is 12.5. The summed E-state index contributed by atoms with van der Waals surface area (Å²) in [6, 6.07) is 11.5. The number of hydrogen-bond acceptors (Lipinski definition) is 5. The maximum absolute atomic E-state index is 12.5. The number of carbonyl (C=O) groups excluding carboxylic acids is 1. The molecule has 3 aromatic rings. The van der Waals surface area contributed by atoms with Crippen LogP contribution in [0.3, 0.4) is 0 Å². The van der Waals surface area contributed by atoms with Crippen molar-refractivity contribution in [3.63, 3.8) is 0 Å². The Morgan fingerprint density at radius 3 is 2.69 bits per heavy atom. The molecular weight excluding hydrogens is 418 g/mol. The summed E-state index contributed by atoms with van der Waals surface area (Å²) < 4.78 is 6.30. The molecule has 0 aliphatic heterocycles. The molecule has 1 aromatic carbocycles. The smallest absolute Gasteiger partial charge is 0.342 e. The summed E-state index contributed by atoms with van der Waals surface area (Å²) in [6.45, 7) is 5.54. The predicted octanol–water partition coefficient (Wildman–Crippen LogP) is 5.43. The first-order chi connectivity index (χ1) is 11.9. The lowest BCUT2D eigenvalue weighted by Crippen LogP contribution is -2.14. The monoisotopic (exact) mass is 435 g/mol. The van der Waals surface area contributed by atoms with Crippen LogP contribution in [-0.2, 0) is 4.74 Å². The van der Waals surface area contributed by atoms with Gasteiger partial charge in [0.15, 0.2) is 5.65 Å². The van der Waals surface area contributed by atoms with Crippen LogP contribution in [0, 0.1) is 6.92 Å². The van der Waals surface area contributed by atoms with Crippen molar-refractivity contribution in [3.05, 3.63) is 58.3 Å². The fourth-order valence-electron chi connectivity index (χ4n) is 2.45. The number of esters is 1. The van der Waals surface area contributed by atoms with Gasteiger partial charge in [-0.15, -0.1) is 12.4 Å². The fraction of sp³-hybridized carbons (Fsp3) is 0.211. The number of pyridine rings is 2. The van der Waals surface area contributed by atoms with Crippen LogP contribution in [-0.4, -0.2) is 22.0 Å². The molecule has 0 saturated heterocycles. The Labute approximate surface area is 166 Å². The van der Waals surface area contributed by atoms with Crippen LogP contribution in [0.15, 0.2) is 47.1 Å². The van der Waals surface area contributed by atoms with E-state index in [0.717, 1.165) is 21.2 Å². The van der Waals surface area contributed by atoms with Gasteiger partial charge in [0, 0.05) is 27.4 Å². The zero-order chi connectivity index (χ0) is 18.0. The van der Waals surface area contributed by atoms with Gasteiger partial charge in [0.1, 0.15) is 5.56 Å². The minimum absolute atomic E-state index is 0. The van der Waals surface area contributed by atoms with E-state index in [1.165, 1.54) is 6.20 Å². The van der Waals surface area contributed by atoms with Gasteiger partial charge in [-0.2, -0.15) is 0 Å². The molecule has 3 rings (SSSR count). The van der Waals surface area contributed by atoms with Gasteiger partial charge in [-0.1, -0.05) is 22.0 Å². The molecule has 0 bridgehead atoms. The minimum atomic E-state index is -0.414. The summed E-state index contributed by atoms with van der Waals surface area (Å²) >= 11 is 3.46. The van der Waals surface area contributed by atoms with Crippen molar-refractivity contribution in [3.8, 4) is 0 Å². The van der Waals surface area contributed by atoms with Crippen LogP contribution >= 0.6 is 28.3 Å². The van der Waals surface area contributed by atoms with Crippen LogP contribution in [0.5, 0.6) is 0 Å². The van der Waals surface area contributed by atoms with Crippen LogP contribution in [0.4, 0.5) is 11.4 Å². The zero-order valence-electron chi connectivity index (χ0n) is 14.6. The Morgan fingerprint density at radius 1 is 1.23 bits per heavy atom. The number of ether oxygens (including phenoxy) is 1. The average molecular weight is 437 g/mol. The summed E-state index contributed by atoms with van der Waals surface area (Å²) in [7, 11) is 0. The first-order valence-electron chi connectivity index (χ1n) is 7.94. The summed E-state index contributed by atoms with van der Waals surface area (Å²) in [5, 5.41) is 4.09. The second-order valence-corrected chi connectivity index (χ2v) is 6.88. The molecule has 0 aliphatic carbocycles. The molecule has 0 aliphatic rings. The molecule has 5 nitrogen and oxygen atoms in total. The van der Waals surface area contributed by atoms with Gasteiger partial charge < -0.3 is 10.1 Å². The van der Waals surface area contributed by atoms with Crippen LogP contribution < -0.4 is 5.32 Å². The van der Waals surface area contributed by atoms with Gasteiger partial charge in [-0.3, -0.25) is 0 Å². The van der Waals surface area contributed by atoms with E-state index in [1.54, 1.807) is 0 Å². The Balaban J connectivity index is 0.00000243. The molecule has 0 fully saturated rings. The number of rotatable bonds is 4. The molecular formula is C19H19BrClN3O2. The molecule has 0 amide bonds. The third-order valence-corrected chi connectivity index (χ3v) is 4.02. The van der Waals surface area contributed by atoms with Crippen LogP contribution in [0.1, 0.15) is 29.9 Å². The molecule has 136 valence electrons. The summed E-state index contributed by atoms with van der Waals surface area (Å²) in [6.07, 6.45) is 1.30. The maximum Gasteiger partial charge on any atom is 0.342 e. The van der Waals surface area contributed by atoms with E-state index < -0.39 is 5.97 Å². The lowest BCUT2D eigenvalue weighted by molar-refractivity contribution is 0.0379. The SMILES string of the molecule is Cc1ccc2c(Nc3cccc(Br)c3)c(C(=O)OC(C)C)cnc2n1.Cl. The van der Waals surface area contributed by atoms with Crippen LogP contribution in [0.25, 0.3) is 11.0 Å². The van der Waals surface area contributed by atoms with Gasteiger partial charge in [-0.05, 0) is 51.1 Å². The highest BCUT2D eigenvalue weighted by molar-refractivity contribution is 9.10. The topological polar surface area (TPSA) is 64.1 Å². The number of hydrogen-bond donors (Lipinski definition) is 1. The number of halogens is 2. The quantitative estimate of drug-likeness (QED) is 0.552. The number of nitrogens with zero attached hydrogens (tertiary/aromatic N) is 2. The highest BCUT2D eigenvalue weighted by Gasteiger charge is 2.19. The number of nitrogens with one attached hydrogen (secondary N) is 1. The highest BCUT2D eigenvalue weighted by atomic mass is 79.9. The fourth-order valence-corrected chi connectivity index (χ4v) is 2.85. The van der Waals surface area contributed by atoms with Crippen molar-refractivity contribution in [2.24, 2.45) is 0 Å². The summed E-state index contributed by atoms with van der Waals surface area (Å²) in [4.78, 5) is 21.3. The Kier molecular flexibility index (Phi) is 6.56. The van der Waals surface area contributed by atoms with E-state index >= 15 is 0 Å². The molecule has 7 heteroatoms. The van der Waals surface area contributed by atoms with Crippen LogP contribution in [0.2, 0.25) is 0 Å². The molecule has 26 heavy (non-hydrogen) atoms.